The molecule has 0 N–H and O–H groups in total. The third-order valence-corrected chi connectivity index (χ3v) is 4.21. The Balaban J connectivity index is 1.68. The van der Waals surface area contributed by atoms with Gasteiger partial charge in [-0.05, 0) is 30.9 Å². The molecule has 0 spiro atoms. The van der Waals surface area contributed by atoms with E-state index in [2.05, 4.69) is 35.8 Å². The number of aromatic nitrogens is 4. The highest BCUT2D eigenvalue weighted by Gasteiger charge is 2.19. The third kappa shape index (κ3) is 4.02. The molecule has 7 heteroatoms. The van der Waals surface area contributed by atoms with Gasteiger partial charge in [0.05, 0.1) is 0 Å². The maximum atomic E-state index is 12.3. The molecule has 7 nitrogen and oxygen atoms in total. The number of benzene rings is 1. The van der Waals surface area contributed by atoms with Crippen molar-refractivity contribution in [2.24, 2.45) is 0 Å². The summed E-state index contributed by atoms with van der Waals surface area (Å²) in [5.41, 5.74) is 3.21. The summed E-state index contributed by atoms with van der Waals surface area (Å²) in [6, 6.07) is 9.15. The number of aryl methyl sites for hydroxylation is 2. The van der Waals surface area contributed by atoms with Gasteiger partial charge in [0, 0.05) is 17.0 Å². The summed E-state index contributed by atoms with van der Waals surface area (Å²) in [5.74, 6) is -0.828. The average molecular weight is 366 g/mol. The first-order valence-electron chi connectivity index (χ1n) is 8.67. The van der Waals surface area contributed by atoms with E-state index in [1.165, 1.54) is 4.52 Å². The van der Waals surface area contributed by atoms with Gasteiger partial charge in [-0.25, -0.2) is 14.3 Å². The van der Waals surface area contributed by atoms with Crippen molar-refractivity contribution in [1.29, 1.82) is 0 Å². The lowest BCUT2D eigenvalue weighted by Gasteiger charge is -2.18. The number of hydrogen-bond donors (Lipinski definition) is 0. The molecule has 2 aromatic heterocycles. The van der Waals surface area contributed by atoms with Crippen LogP contribution in [0.15, 0.2) is 30.3 Å². The van der Waals surface area contributed by atoms with Crippen molar-refractivity contribution in [1.82, 2.24) is 19.6 Å². The van der Waals surface area contributed by atoms with Crippen LogP contribution in [-0.4, -0.2) is 37.9 Å². The van der Waals surface area contributed by atoms with Crippen LogP contribution in [0.3, 0.4) is 0 Å². The Morgan fingerprint density at radius 1 is 1.07 bits per heavy atom. The van der Waals surface area contributed by atoms with E-state index >= 15 is 0 Å². The molecule has 0 aliphatic carbocycles. The van der Waals surface area contributed by atoms with Crippen LogP contribution in [-0.2, 0) is 10.2 Å². The lowest BCUT2D eigenvalue weighted by molar-refractivity contribution is 0.0463. The van der Waals surface area contributed by atoms with Crippen molar-refractivity contribution in [3.63, 3.8) is 0 Å². The van der Waals surface area contributed by atoms with Crippen molar-refractivity contribution >= 4 is 17.5 Å². The molecule has 0 aliphatic rings. The van der Waals surface area contributed by atoms with E-state index in [0.717, 1.165) is 17.0 Å². The summed E-state index contributed by atoms with van der Waals surface area (Å²) >= 11 is 0. The number of ketones is 1. The van der Waals surface area contributed by atoms with Gasteiger partial charge in [-0.2, -0.15) is 4.98 Å². The van der Waals surface area contributed by atoms with Gasteiger partial charge in [0.1, 0.15) is 0 Å². The van der Waals surface area contributed by atoms with Gasteiger partial charge in [-0.1, -0.05) is 45.0 Å². The summed E-state index contributed by atoms with van der Waals surface area (Å²) in [7, 11) is 0. The molecule has 27 heavy (non-hydrogen) atoms. The van der Waals surface area contributed by atoms with E-state index in [-0.39, 0.29) is 23.6 Å². The van der Waals surface area contributed by atoms with Crippen LogP contribution >= 0.6 is 0 Å². The summed E-state index contributed by atoms with van der Waals surface area (Å²) < 4.78 is 6.56. The zero-order chi connectivity index (χ0) is 19.8. The number of esters is 1. The minimum Gasteiger partial charge on any atom is -0.451 e. The number of carbonyl (C=O) groups excluding carboxylic acids is 2. The van der Waals surface area contributed by atoms with Crippen molar-refractivity contribution in [2.45, 2.75) is 40.0 Å². The van der Waals surface area contributed by atoms with Gasteiger partial charge in [-0.3, -0.25) is 4.79 Å². The Hall–Kier alpha value is -3.09. The van der Waals surface area contributed by atoms with Crippen molar-refractivity contribution in [2.75, 3.05) is 6.61 Å². The molecule has 3 rings (SSSR count). The van der Waals surface area contributed by atoms with Crippen LogP contribution in [0.1, 0.15) is 58.7 Å². The monoisotopic (exact) mass is 366 g/mol. The van der Waals surface area contributed by atoms with E-state index in [1.54, 1.807) is 12.1 Å². The fourth-order valence-corrected chi connectivity index (χ4v) is 2.69. The van der Waals surface area contributed by atoms with Gasteiger partial charge in [0.25, 0.3) is 11.6 Å². The molecule has 0 saturated heterocycles. The lowest BCUT2D eigenvalue weighted by Crippen LogP contribution is -2.16. The second-order valence-corrected chi connectivity index (χ2v) is 7.51. The Morgan fingerprint density at radius 3 is 2.37 bits per heavy atom. The number of ether oxygens (including phenoxy) is 1. The number of carbonyl (C=O) groups is 2. The van der Waals surface area contributed by atoms with Gasteiger partial charge >= 0.3 is 5.97 Å². The lowest BCUT2D eigenvalue weighted by atomic mass is 9.86. The fraction of sp³-hybridized carbons (Fsp3) is 0.350. The van der Waals surface area contributed by atoms with Crippen LogP contribution in [0, 0.1) is 13.8 Å². The van der Waals surface area contributed by atoms with Gasteiger partial charge < -0.3 is 4.74 Å². The largest absolute Gasteiger partial charge is 0.451 e. The predicted octanol–water partition coefficient (Wildman–Crippen LogP) is 3.08. The molecule has 0 radical (unpaired) electrons. The minimum atomic E-state index is -0.753. The molecule has 1 aromatic carbocycles. The average Bonchev–Trinajstić information content (AvgIpc) is 3.03. The molecule has 0 aliphatic heterocycles. The molecule has 140 valence electrons. The quantitative estimate of drug-likeness (QED) is 0.521. The van der Waals surface area contributed by atoms with Crippen LogP contribution in [0.2, 0.25) is 0 Å². The molecule has 0 saturated carbocycles. The minimum absolute atomic E-state index is 0.00730. The second kappa shape index (κ2) is 6.90. The maximum absolute atomic E-state index is 12.3. The van der Waals surface area contributed by atoms with Gasteiger partial charge in [0.15, 0.2) is 12.4 Å². The third-order valence-electron chi connectivity index (χ3n) is 4.21. The molecular weight excluding hydrogens is 344 g/mol. The van der Waals surface area contributed by atoms with Crippen LogP contribution in [0.4, 0.5) is 0 Å². The molecule has 0 unspecified atom stereocenters. The van der Waals surface area contributed by atoms with E-state index in [9.17, 15) is 9.59 Å². The number of rotatable bonds is 4. The summed E-state index contributed by atoms with van der Waals surface area (Å²) in [6.07, 6.45) is 0. The number of hydrogen-bond acceptors (Lipinski definition) is 6. The van der Waals surface area contributed by atoms with Crippen LogP contribution < -0.4 is 0 Å². The highest BCUT2D eigenvalue weighted by atomic mass is 16.5. The van der Waals surface area contributed by atoms with Crippen molar-refractivity contribution in [3.8, 4) is 0 Å². The fourth-order valence-electron chi connectivity index (χ4n) is 2.69. The highest BCUT2D eigenvalue weighted by Crippen LogP contribution is 2.22. The van der Waals surface area contributed by atoms with E-state index in [4.69, 9.17) is 4.74 Å². The summed E-state index contributed by atoms with van der Waals surface area (Å²) in [5, 5.41) is 4.10. The Labute approximate surface area is 157 Å². The van der Waals surface area contributed by atoms with E-state index in [1.807, 2.05) is 32.0 Å². The molecular formula is C20H22N4O3. The standard InChI is InChI=1S/C20H22N4O3/c1-12-10-13(2)24-19(21-12)22-17(23-24)18(26)27-11-16(25)14-6-8-15(9-7-14)20(3,4)5/h6-10H,11H2,1-5H3. The highest BCUT2D eigenvalue weighted by molar-refractivity contribution is 5.98. The second-order valence-electron chi connectivity index (χ2n) is 7.51. The maximum Gasteiger partial charge on any atom is 0.378 e. The zero-order valence-corrected chi connectivity index (χ0v) is 16.1. The van der Waals surface area contributed by atoms with E-state index in [0.29, 0.717) is 11.3 Å². The van der Waals surface area contributed by atoms with Crippen LogP contribution in [0.5, 0.6) is 0 Å². The number of fused-ring (bicyclic) bond motifs is 1. The smallest absolute Gasteiger partial charge is 0.378 e. The van der Waals surface area contributed by atoms with Gasteiger partial charge in [0.2, 0.25) is 0 Å². The molecule has 3 aromatic rings. The number of nitrogens with zero attached hydrogens (tertiary/aromatic N) is 4. The summed E-state index contributed by atoms with van der Waals surface area (Å²) in [4.78, 5) is 32.8. The van der Waals surface area contributed by atoms with Crippen molar-refractivity contribution in [3.05, 3.63) is 58.7 Å². The van der Waals surface area contributed by atoms with Crippen molar-refractivity contribution < 1.29 is 14.3 Å². The molecule has 0 amide bonds. The normalized spacial score (nSPS) is 11.6. The van der Waals surface area contributed by atoms with Crippen LogP contribution in [0.25, 0.3) is 5.78 Å². The predicted molar refractivity (Wildman–Crippen MR) is 100 cm³/mol. The molecule has 0 atom stereocenters. The topological polar surface area (TPSA) is 86.5 Å². The summed E-state index contributed by atoms with van der Waals surface area (Å²) in [6.45, 7) is 9.62. The van der Waals surface area contributed by atoms with Gasteiger partial charge in [-0.15, -0.1) is 5.10 Å². The Bertz CT molecular complexity index is 1010. The Kier molecular flexibility index (Phi) is 4.78. The van der Waals surface area contributed by atoms with E-state index < -0.39 is 5.97 Å². The molecule has 0 bridgehead atoms. The Morgan fingerprint density at radius 2 is 1.74 bits per heavy atom. The molecule has 0 fully saturated rings. The first kappa shape index (κ1) is 18.7. The number of Topliss-reactive ketones (excluding diaryl/α,β-unsaturated/α-hetero) is 1. The first-order chi connectivity index (χ1) is 12.6. The molecule has 2 heterocycles. The zero-order valence-electron chi connectivity index (χ0n) is 16.1. The SMILES string of the molecule is Cc1cc(C)n2nc(C(=O)OCC(=O)c3ccc(C(C)(C)C)cc3)nc2n1. The first-order valence-corrected chi connectivity index (χ1v) is 8.67.